The number of aromatic nitrogens is 3. The highest BCUT2D eigenvalue weighted by Crippen LogP contribution is 2.45. The lowest BCUT2D eigenvalue weighted by atomic mass is 10.0. The number of fused-ring (bicyclic) bond motifs is 1. The molecule has 2 aliphatic heterocycles. The van der Waals surface area contributed by atoms with Crippen LogP contribution in [0.1, 0.15) is 24.0 Å². The van der Waals surface area contributed by atoms with Crippen molar-refractivity contribution in [1.29, 1.82) is 0 Å². The van der Waals surface area contributed by atoms with Crippen molar-refractivity contribution < 1.29 is 19.5 Å². The molecule has 2 aromatic rings. The number of hydrogen-bond acceptors (Lipinski definition) is 11. The summed E-state index contributed by atoms with van der Waals surface area (Å²) in [5.74, 6) is -1.72. The normalized spacial score (nSPS) is 20.8. The van der Waals surface area contributed by atoms with Crippen LogP contribution in [0.2, 0.25) is 0 Å². The summed E-state index contributed by atoms with van der Waals surface area (Å²) in [7, 11) is 0. The number of carbonyl (C=O) groups is 3. The van der Waals surface area contributed by atoms with E-state index in [0.29, 0.717) is 37.8 Å². The van der Waals surface area contributed by atoms with Crippen molar-refractivity contribution in [2.45, 2.75) is 36.0 Å². The first-order chi connectivity index (χ1) is 15.3. The molecule has 4 heterocycles. The smallest absolute Gasteiger partial charge is 0.353 e. The molecule has 0 bridgehead atoms. The third kappa shape index (κ3) is 4.27. The summed E-state index contributed by atoms with van der Waals surface area (Å²) in [5, 5.41) is 22.8. The van der Waals surface area contributed by atoms with Crippen LogP contribution < -0.4 is 11.1 Å². The molecule has 2 amide bonds. The summed E-state index contributed by atoms with van der Waals surface area (Å²) < 4.78 is 0.616. The predicted molar refractivity (Wildman–Crippen MR) is 125 cm³/mol. The molecule has 2 aromatic heterocycles. The number of thiazole rings is 1. The summed E-state index contributed by atoms with van der Waals surface area (Å²) in [5.41, 5.74) is 6.40. The Morgan fingerprint density at radius 3 is 2.81 bits per heavy atom. The number of nitrogens with zero attached hydrogens (tertiary/aromatic N) is 4. The Hall–Kier alpha value is -2.42. The van der Waals surface area contributed by atoms with Gasteiger partial charge in [0.15, 0.2) is 9.47 Å². The lowest BCUT2D eigenvalue weighted by Crippen LogP contribution is -2.70. The van der Waals surface area contributed by atoms with Gasteiger partial charge in [-0.05, 0) is 13.3 Å². The number of allylic oxidation sites excluding steroid dienone is 1. The standard InChI is InChI=1S/C18H18N6O4S4/c1-3-4-8(9-5-30-17(19)20-9)13(25)21-11-14(26)24-12(16(27)28)10(6-29-15(11)24)32-18-23-22-7(2)31-18/h4-5,11,15H,3,6H2,1-2H3,(H2,19,20)(H,21,25)(H,27,28)/b8-4-/t11-,15+/m1/s1. The van der Waals surface area contributed by atoms with Crippen LogP contribution in [0.15, 0.2) is 26.4 Å². The van der Waals surface area contributed by atoms with Gasteiger partial charge in [0, 0.05) is 16.0 Å². The molecule has 2 aliphatic rings. The number of β-lactam (4-membered cyclic amide) rings is 1. The zero-order valence-electron chi connectivity index (χ0n) is 16.9. The van der Waals surface area contributed by atoms with Gasteiger partial charge < -0.3 is 16.2 Å². The second-order valence-electron chi connectivity index (χ2n) is 6.72. The molecule has 2 atom stereocenters. The highest BCUT2D eigenvalue weighted by molar-refractivity contribution is 8.07. The van der Waals surface area contributed by atoms with E-state index in [1.54, 1.807) is 11.5 Å². The van der Waals surface area contributed by atoms with Gasteiger partial charge in [0.2, 0.25) is 0 Å². The van der Waals surface area contributed by atoms with E-state index in [1.165, 1.54) is 51.1 Å². The monoisotopic (exact) mass is 510 g/mol. The number of hydrogen-bond donors (Lipinski definition) is 3. The van der Waals surface area contributed by atoms with Crippen molar-refractivity contribution in [2.24, 2.45) is 0 Å². The van der Waals surface area contributed by atoms with Crippen LogP contribution in [0.5, 0.6) is 0 Å². The number of carboxylic acid groups (broad SMARTS) is 1. The molecule has 1 fully saturated rings. The molecule has 4 rings (SSSR count). The van der Waals surface area contributed by atoms with Gasteiger partial charge in [-0.25, -0.2) is 9.78 Å². The summed E-state index contributed by atoms with van der Waals surface area (Å²) in [6, 6.07) is -0.826. The van der Waals surface area contributed by atoms with Gasteiger partial charge in [-0.15, -0.1) is 33.3 Å². The predicted octanol–water partition coefficient (Wildman–Crippen LogP) is 2.17. The van der Waals surface area contributed by atoms with Crippen molar-refractivity contribution in [3.8, 4) is 0 Å². The topological polar surface area (TPSA) is 151 Å². The molecular weight excluding hydrogens is 493 g/mol. The zero-order valence-corrected chi connectivity index (χ0v) is 20.2. The van der Waals surface area contributed by atoms with Crippen LogP contribution in [0.4, 0.5) is 5.13 Å². The van der Waals surface area contributed by atoms with Gasteiger partial charge in [0.05, 0.1) is 11.3 Å². The van der Waals surface area contributed by atoms with E-state index in [-0.39, 0.29) is 5.70 Å². The van der Waals surface area contributed by atoms with Crippen LogP contribution in [0, 0.1) is 6.92 Å². The molecule has 14 heteroatoms. The molecule has 0 spiro atoms. The van der Waals surface area contributed by atoms with Gasteiger partial charge in [-0.3, -0.25) is 14.5 Å². The average molecular weight is 511 g/mol. The molecule has 168 valence electrons. The number of nitrogens with one attached hydrogen (secondary N) is 1. The maximum Gasteiger partial charge on any atom is 0.353 e. The third-order valence-corrected chi connectivity index (χ3v) is 8.70. The minimum Gasteiger partial charge on any atom is -0.477 e. The number of aryl methyl sites for hydroxylation is 1. The zero-order chi connectivity index (χ0) is 23.0. The number of thioether (sulfide) groups is 2. The maximum atomic E-state index is 12.9. The highest BCUT2D eigenvalue weighted by Gasteiger charge is 2.54. The maximum absolute atomic E-state index is 12.9. The molecule has 0 aromatic carbocycles. The Morgan fingerprint density at radius 2 is 2.22 bits per heavy atom. The number of carboxylic acids is 1. The second-order valence-corrected chi connectivity index (χ2v) is 11.2. The number of rotatable bonds is 7. The molecular formula is C18H18N6O4S4. The second kappa shape index (κ2) is 9.21. The van der Waals surface area contributed by atoms with E-state index in [9.17, 15) is 19.5 Å². The van der Waals surface area contributed by atoms with E-state index < -0.39 is 29.2 Å². The number of nitrogen functional groups attached to an aromatic ring is 1. The molecule has 1 saturated heterocycles. The average Bonchev–Trinajstić information content (AvgIpc) is 3.37. The summed E-state index contributed by atoms with van der Waals surface area (Å²) in [6.07, 6.45) is 2.32. The third-order valence-electron chi connectivity index (χ3n) is 4.59. The van der Waals surface area contributed by atoms with Crippen LogP contribution in [-0.2, 0) is 14.4 Å². The Morgan fingerprint density at radius 1 is 1.44 bits per heavy atom. The van der Waals surface area contributed by atoms with E-state index in [2.05, 4.69) is 20.5 Å². The molecule has 0 unspecified atom stereocenters. The fourth-order valence-corrected chi connectivity index (χ4v) is 7.26. The number of nitrogens with two attached hydrogens (primary N) is 1. The number of carbonyl (C=O) groups excluding carboxylic acids is 2. The fourth-order valence-electron chi connectivity index (χ4n) is 3.24. The number of anilines is 1. The SMILES string of the molecule is CC/C=C(\C(=O)N[C@@H]1C(=O)N2C(C(=O)O)=C(Sc3nnc(C)s3)CS[C@@H]12)c1csc(N)n1. The fraction of sp³-hybridized carbons (Fsp3) is 0.333. The van der Waals surface area contributed by atoms with Crippen molar-refractivity contribution in [1.82, 2.24) is 25.4 Å². The van der Waals surface area contributed by atoms with Crippen LogP contribution in [0.25, 0.3) is 5.57 Å². The Balaban J connectivity index is 1.53. The molecule has 32 heavy (non-hydrogen) atoms. The Bertz CT molecular complexity index is 1160. The first-order valence-electron chi connectivity index (χ1n) is 9.41. The van der Waals surface area contributed by atoms with Crippen LogP contribution >= 0.6 is 46.2 Å². The Labute approximate surface area is 199 Å². The minimum absolute atomic E-state index is 0.0706. The number of aliphatic carboxylic acids is 1. The molecule has 10 nitrogen and oxygen atoms in total. The van der Waals surface area contributed by atoms with E-state index in [4.69, 9.17) is 5.73 Å². The van der Waals surface area contributed by atoms with Gasteiger partial charge in [-0.2, -0.15) is 0 Å². The van der Waals surface area contributed by atoms with Crippen molar-refractivity contribution in [3.05, 3.63) is 32.8 Å². The molecule has 0 radical (unpaired) electrons. The van der Waals surface area contributed by atoms with E-state index in [1.807, 2.05) is 13.8 Å². The number of amides is 2. The van der Waals surface area contributed by atoms with Gasteiger partial charge in [-0.1, -0.05) is 36.1 Å². The van der Waals surface area contributed by atoms with Crippen molar-refractivity contribution in [3.63, 3.8) is 0 Å². The largest absolute Gasteiger partial charge is 0.477 e. The van der Waals surface area contributed by atoms with Crippen LogP contribution in [-0.4, -0.2) is 60.1 Å². The van der Waals surface area contributed by atoms with Gasteiger partial charge in [0.1, 0.15) is 22.1 Å². The minimum atomic E-state index is -1.19. The Kier molecular flexibility index (Phi) is 6.55. The summed E-state index contributed by atoms with van der Waals surface area (Å²) >= 11 is 5.18. The highest BCUT2D eigenvalue weighted by atomic mass is 32.2. The van der Waals surface area contributed by atoms with Gasteiger partial charge in [0.25, 0.3) is 11.8 Å². The summed E-state index contributed by atoms with van der Waals surface area (Å²) in [6.45, 7) is 3.70. The quantitative estimate of drug-likeness (QED) is 0.373. The van der Waals surface area contributed by atoms with E-state index >= 15 is 0 Å². The van der Waals surface area contributed by atoms with Crippen molar-refractivity contribution in [2.75, 3.05) is 11.5 Å². The first kappa shape index (κ1) is 22.8. The van der Waals surface area contributed by atoms with Gasteiger partial charge >= 0.3 is 5.97 Å². The lowest BCUT2D eigenvalue weighted by molar-refractivity contribution is -0.150. The first-order valence-corrected chi connectivity index (χ1v) is 13.0. The lowest BCUT2D eigenvalue weighted by Gasteiger charge is -2.49. The summed E-state index contributed by atoms with van der Waals surface area (Å²) in [4.78, 5) is 43.7. The van der Waals surface area contributed by atoms with E-state index in [0.717, 1.165) is 5.01 Å². The van der Waals surface area contributed by atoms with Crippen molar-refractivity contribution >= 4 is 74.7 Å². The van der Waals surface area contributed by atoms with Crippen LogP contribution in [0.3, 0.4) is 0 Å². The molecule has 0 saturated carbocycles. The molecule has 4 N–H and O–H groups in total. The molecule has 0 aliphatic carbocycles.